The van der Waals surface area contributed by atoms with Gasteiger partial charge in [-0.1, -0.05) is 43.5 Å². The van der Waals surface area contributed by atoms with Gasteiger partial charge in [0.05, 0.1) is 7.11 Å². The molecule has 2 amide bonds. The Kier molecular flexibility index (Phi) is 10.3. The average molecular weight is 613 g/mol. The summed E-state index contributed by atoms with van der Waals surface area (Å²) in [4.78, 5) is 35.1. The second kappa shape index (κ2) is 14.4. The fraction of sp³-hybridized carbons (Fsp3) is 0.486. The summed E-state index contributed by atoms with van der Waals surface area (Å²) >= 11 is 0. The van der Waals surface area contributed by atoms with Crippen LogP contribution in [0.2, 0.25) is 0 Å². The van der Waals surface area contributed by atoms with Crippen molar-refractivity contribution in [2.24, 2.45) is 5.92 Å². The predicted molar refractivity (Wildman–Crippen MR) is 180 cm³/mol. The zero-order valence-corrected chi connectivity index (χ0v) is 27.5. The quantitative estimate of drug-likeness (QED) is 0.273. The molecule has 0 spiro atoms. The van der Waals surface area contributed by atoms with E-state index < -0.39 is 6.09 Å². The van der Waals surface area contributed by atoms with E-state index in [1.54, 1.807) is 14.2 Å². The van der Waals surface area contributed by atoms with Crippen LogP contribution in [0.1, 0.15) is 68.9 Å². The Hall–Kier alpha value is -4.07. The average Bonchev–Trinajstić information content (AvgIpc) is 3.07. The standard InChI is InChI=1S/C37H48N4O4/c1-26-22-30(15-18-33(26)44-5)37(20-7-6-8-21-37)25-41(35(42)27-12-16-32(17-13-27)45-36(43)38-2)31-11-9-10-28(23-31)29-14-19-34(39-24-29)40(3)4/h9-11,14-15,18-19,22-24,27,32H,6-8,12-13,16-17,20-21,25H2,1-5H3,(H,38,43)/t27-,32-. The van der Waals surface area contributed by atoms with Crippen LogP contribution in [0, 0.1) is 12.8 Å². The number of methoxy groups -OCH3 is 1. The van der Waals surface area contributed by atoms with E-state index in [2.05, 4.69) is 64.6 Å². The zero-order valence-electron chi connectivity index (χ0n) is 27.5. The summed E-state index contributed by atoms with van der Waals surface area (Å²) in [7, 11) is 7.25. The fourth-order valence-electron chi connectivity index (χ4n) is 7.11. The topological polar surface area (TPSA) is 84.0 Å². The highest BCUT2D eigenvalue weighted by atomic mass is 16.6. The molecule has 2 aliphatic carbocycles. The molecule has 2 aromatic carbocycles. The second-order valence-corrected chi connectivity index (χ2v) is 12.9. The van der Waals surface area contributed by atoms with Crippen LogP contribution >= 0.6 is 0 Å². The van der Waals surface area contributed by atoms with Crippen molar-refractivity contribution in [2.45, 2.75) is 76.2 Å². The number of nitrogens with zero attached hydrogens (tertiary/aromatic N) is 3. The molecule has 45 heavy (non-hydrogen) atoms. The van der Waals surface area contributed by atoms with Crippen molar-refractivity contribution < 1.29 is 19.1 Å². The van der Waals surface area contributed by atoms with Gasteiger partial charge in [0.1, 0.15) is 17.7 Å². The number of ether oxygens (including phenoxy) is 2. The van der Waals surface area contributed by atoms with Crippen molar-refractivity contribution in [3.63, 3.8) is 0 Å². The molecule has 2 saturated carbocycles. The van der Waals surface area contributed by atoms with E-state index in [4.69, 9.17) is 9.47 Å². The molecule has 0 saturated heterocycles. The van der Waals surface area contributed by atoms with E-state index in [1.807, 2.05) is 37.3 Å². The maximum absolute atomic E-state index is 14.6. The number of pyridine rings is 1. The summed E-state index contributed by atoms with van der Waals surface area (Å²) < 4.78 is 11.1. The third-order valence-electron chi connectivity index (χ3n) is 9.74. The first-order chi connectivity index (χ1) is 21.7. The van der Waals surface area contributed by atoms with Gasteiger partial charge in [-0.2, -0.15) is 0 Å². The summed E-state index contributed by atoms with van der Waals surface area (Å²) in [5.41, 5.74) is 5.19. The minimum atomic E-state index is -0.412. The maximum Gasteiger partial charge on any atom is 0.407 e. The first-order valence-corrected chi connectivity index (χ1v) is 16.3. The Morgan fingerprint density at radius 2 is 1.71 bits per heavy atom. The summed E-state index contributed by atoms with van der Waals surface area (Å²) in [5.74, 6) is 1.81. The Labute approximate surface area is 268 Å². The molecular formula is C37H48N4O4. The number of amides is 2. The van der Waals surface area contributed by atoms with Crippen LogP contribution in [-0.2, 0) is 14.9 Å². The Morgan fingerprint density at radius 3 is 2.33 bits per heavy atom. The van der Waals surface area contributed by atoms with Crippen molar-refractivity contribution in [3.8, 4) is 16.9 Å². The number of rotatable bonds is 9. The molecule has 1 N–H and O–H groups in total. The van der Waals surface area contributed by atoms with E-state index in [0.29, 0.717) is 32.2 Å². The minimum absolute atomic E-state index is 0.127. The third-order valence-corrected chi connectivity index (χ3v) is 9.74. The van der Waals surface area contributed by atoms with Gasteiger partial charge in [-0.25, -0.2) is 9.78 Å². The van der Waals surface area contributed by atoms with E-state index in [9.17, 15) is 9.59 Å². The Balaban J connectivity index is 1.50. The Morgan fingerprint density at radius 1 is 0.956 bits per heavy atom. The zero-order chi connectivity index (χ0) is 32.0. The molecule has 5 rings (SSSR count). The number of aryl methyl sites for hydroxylation is 1. The van der Waals surface area contributed by atoms with E-state index >= 15 is 0 Å². The van der Waals surface area contributed by atoms with Crippen LogP contribution in [-0.4, -0.2) is 57.9 Å². The molecule has 0 radical (unpaired) electrons. The van der Waals surface area contributed by atoms with Crippen LogP contribution < -0.4 is 19.9 Å². The van der Waals surface area contributed by atoms with Gasteiger partial charge >= 0.3 is 6.09 Å². The molecule has 0 aliphatic heterocycles. The number of hydrogen-bond acceptors (Lipinski definition) is 6. The molecule has 240 valence electrons. The first kappa shape index (κ1) is 32.3. The van der Waals surface area contributed by atoms with Gasteiger partial charge in [0.25, 0.3) is 0 Å². The number of carbonyl (C=O) groups excluding carboxylic acids is 2. The lowest BCUT2D eigenvalue weighted by Gasteiger charge is -2.43. The van der Waals surface area contributed by atoms with Crippen LogP contribution in [0.15, 0.2) is 60.8 Å². The lowest BCUT2D eigenvalue weighted by Crippen LogP contribution is -2.48. The second-order valence-electron chi connectivity index (χ2n) is 12.9. The largest absolute Gasteiger partial charge is 0.496 e. The highest BCUT2D eigenvalue weighted by molar-refractivity contribution is 5.96. The summed E-state index contributed by atoms with van der Waals surface area (Å²) in [6.45, 7) is 2.72. The van der Waals surface area contributed by atoms with Gasteiger partial charge in [0, 0.05) is 56.5 Å². The molecule has 2 fully saturated rings. The smallest absolute Gasteiger partial charge is 0.407 e. The molecular weight excluding hydrogens is 564 g/mol. The van der Waals surface area contributed by atoms with Gasteiger partial charge in [0.15, 0.2) is 0 Å². The number of hydrogen-bond donors (Lipinski definition) is 1. The van der Waals surface area contributed by atoms with Crippen molar-refractivity contribution in [2.75, 3.05) is 44.6 Å². The van der Waals surface area contributed by atoms with Crippen LogP contribution in [0.4, 0.5) is 16.3 Å². The lowest BCUT2D eigenvalue weighted by atomic mass is 9.68. The van der Waals surface area contributed by atoms with Gasteiger partial charge in [0.2, 0.25) is 5.91 Å². The summed E-state index contributed by atoms with van der Waals surface area (Å²) in [5, 5.41) is 2.54. The third kappa shape index (κ3) is 7.43. The fourth-order valence-corrected chi connectivity index (χ4v) is 7.11. The highest BCUT2D eigenvalue weighted by Gasteiger charge is 2.40. The maximum atomic E-state index is 14.6. The molecule has 0 atom stereocenters. The highest BCUT2D eigenvalue weighted by Crippen LogP contribution is 2.43. The number of anilines is 2. The van der Waals surface area contributed by atoms with Crippen molar-refractivity contribution in [3.05, 3.63) is 71.9 Å². The molecule has 8 nitrogen and oxygen atoms in total. The van der Waals surface area contributed by atoms with Gasteiger partial charge < -0.3 is 24.6 Å². The number of nitrogens with one attached hydrogen (secondary N) is 1. The van der Waals surface area contributed by atoms with Crippen molar-refractivity contribution in [1.29, 1.82) is 0 Å². The minimum Gasteiger partial charge on any atom is -0.496 e. The number of aromatic nitrogens is 1. The molecule has 0 unspecified atom stereocenters. The molecule has 3 aromatic rings. The van der Waals surface area contributed by atoms with E-state index in [0.717, 1.165) is 59.6 Å². The normalized spacial score (nSPS) is 19.3. The van der Waals surface area contributed by atoms with Crippen molar-refractivity contribution in [1.82, 2.24) is 10.3 Å². The van der Waals surface area contributed by atoms with Crippen LogP contribution in [0.5, 0.6) is 5.75 Å². The predicted octanol–water partition coefficient (Wildman–Crippen LogP) is 7.28. The van der Waals surface area contributed by atoms with Crippen LogP contribution in [0.3, 0.4) is 0 Å². The summed E-state index contributed by atoms with van der Waals surface area (Å²) in [6.07, 6.45) is 9.65. The molecule has 2 aliphatic rings. The SMILES string of the molecule is CNC(=O)O[C@H]1CC[C@H](C(=O)N(CC2(c3ccc(OC)c(C)c3)CCCCC2)c2cccc(-c3ccc(N(C)C)nc3)c2)CC1. The monoisotopic (exact) mass is 612 g/mol. The van der Waals surface area contributed by atoms with E-state index in [-0.39, 0.29) is 23.3 Å². The lowest BCUT2D eigenvalue weighted by molar-refractivity contribution is -0.124. The molecule has 1 aromatic heterocycles. The molecule has 0 bridgehead atoms. The number of alkyl carbamates (subject to hydrolysis) is 1. The Bertz CT molecular complexity index is 1460. The van der Waals surface area contributed by atoms with Gasteiger partial charge in [-0.05, 0) is 92.5 Å². The number of carbonyl (C=O) groups is 2. The van der Waals surface area contributed by atoms with Crippen LogP contribution in [0.25, 0.3) is 11.1 Å². The first-order valence-electron chi connectivity index (χ1n) is 16.3. The molecule has 8 heteroatoms. The van der Waals surface area contributed by atoms with E-state index in [1.165, 1.54) is 12.0 Å². The van der Waals surface area contributed by atoms with Gasteiger partial charge in [-0.3, -0.25) is 4.79 Å². The van der Waals surface area contributed by atoms with Gasteiger partial charge in [-0.15, -0.1) is 0 Å². The molecule has 1 heterocycles. The van der Waals surface area contributed by atoms with Crippen molar-refractivity contribution >= 4 is 23.5 Å². The summed E-state index contributed by atoms with van der Waals surface area (Å²) in [6, 6.07) is 19.0. The number of benzene rings is 2.